The first-order valence-corrected chi connectivity index (χ1v) is 9.91. The zero-order valence-electron chi connectivity index (χ0n) is 16.5. The minimum absolute atomic E-state index is 0.0347. The van der Waals surface area contributed by atoms with Gasteiger partial charge in [0.15, 0.2) is 16.7 Å². The maximum atomic E-state index is 13.0. The molecule has 0 spiro atoms. The van der Waals surface area contributed by atoms with Crippen molar-refractivity contribution < 1.29 is 27.2 Å². The van der Waals surface area contributed by atoms with Gasteiger partial charge in [-0.25, -0.2) is 0 Å². The molecule has 0 atom stereocenters. The Balaban J connectivity index is 1.55. The lowest BCUT2D eigenvalue weighted by Crippen LogP contribution is -2.36. The van der Waals surface area contributed by atoms with Gasteiger partial charge in [0.2, 0.25) is 11.8 Å². The van der Waals surface area contributed by atoms with Gasteiger partial charge in [0, 0.05) is 14.1 Å². The molecular weight excluding hydrogens is 435 g/mol. The number of alkyl halides is 3. The Morgan fingerprint density at radius 3 is 2.61 bits per heavy atom. The van der Waals surface area contributed by atoms with Crippen molar-refractivity contribution in [1.82, 2.24) is 19.7 Å². The first-order valence-electron chi connectivity index (χ1n) is 8.93. The van der Waals surface area contributed by atoms with Crippen LogP contribution >= 0.6 is 11.8 Å². The van der Waals surface area contributed by atoms with Crippen LogP contribution in [0.15, 0.2) is 52.2 Å². The van der Waals surface area contributed by atoms with Crippen molar-refractivity contribution in [2.45, 2.75) is 11.3 Å². The molecule has 31 heavy (non-hydrogen) atoms. The summed E-state index contributed by atoms with van der Waals surface area (Å²) in [5.41, 5.74) is -1.32. The Bertz CT molecular complexity index is 1070. The number of carbonyl (C=O) groups excluding carboxylic acids is 2. The Morgan fingerprint density at radius 2 is 1.94 bits per heavy atom. The van der Waals surface area contributed by atoms with E-state index in [4.69, 9.17) is 4.42 Å². The molecule has 12 heteroatoms. The molecule has 164 valence electrons. The fourth-order valence-corrected chi connectivity index (χ4v) is 3.48. The first-order chi connectivity index (χ1) is 14.7. The Hall–Kier alpha value is -3.28. The molecule has 1 aromatic carbocycles. The highest BCUT2D eigenvalue weighted by Crippen LogP contribution is 2.34. The molecule has 1 N–H and O–H groups in total. The van der Waals surface area contributed by atoms with Crippen LogP contribution in [0.4, 0.5) is 18.9 Å². The number of anilines is 1. The fraction of sp³-hybridized carbons (Fsp3) is 0.263. The number of hydrogen-bond donors (Lipinski definition) is 1. The van der Waals surface area contributed by atoms with Gasteiger partial charge in [0.1, 0.15) is 0 Å². The van der Waals surface area contributed by atoms with Gasteiger partial charge in [-0.05, 0) is 24.3 Å². The van der Waals surface area contributed by atoms with Crippen LogP contribution in [0.5, 0.6) is 0 Å². The summed E-state index contributed by atoms with van der Waals surface area (Å²) in [5.74, 6) is -0.146. The Labute approximate surface area is 179 Å². The smallest absolute Gasteiger partial charge is 0.418 e. The van der Waals surface area contributed by atoms with Crippen LogP contribution in [0.1, 0.15) is 5.56 Å². The third-order valence-electron chi connectivity index (χ3n) is 4.21. The number of thioether (sulfide) groups is 1. The molecule has 0 saturated heterocycles. The van der Waals surface area contributed by atoms with E-state index in [9.17, 15) is 22.8 Å². The van der Waals surface area contributed by atoms with E-state index in [0.717, 1.165) is 28.8 Å². The van der Waals surface area contributed by atoms with E-state index in [1.165, 1.54) is 25.4 Å². The first kappa shape index (κ1) is 22.4. The normalized spacial score (nSPS) is 11.4. The van der Waals surface area contributed by atoms with E-state index < -0.39 is 30.1 Å². The number of nitrogens with zero attached hydrogens (tertiary/aromatic N) is 4. The zero-order valence-corrected chi connectivity index (χ0v) is 17.3. The predicted octanol–water partition coefficient (Wildman–Crippen LogP) is 3.28. The van der Waals surface area contributed by atoms with E-state index in [2.05, 4.69) is 15.5 Å². The maximum absolute atomic E-state index is 13.0. The number of hydrogen-bond acceptors (Lipinski definition) is 6. The van der Waals surface area contributed by atoms with Gasteiger partial charge in [-0.3, -0.25) is 9.59 Å². The molecule has 0 aliphatic carbocycles. The van der Waals surface area contributed by atoms with Crippen molar-refractivity contribution in [2.75, 3.05) is 24.7 Å². The fourth-order valence-electron chi connectivity index (χ4n) is 2.63. The molecule has 8 nitrogen and oxygen atoms in total. The molecule has 3 aromatic rings. The van der Waals surface area contributed by atoms with Gasteiger partial charge in [-0.2, -0.15) is 13.2 Å². The standard InChI is InChI=1S/C19H18F3N5O3S/c1-26(10-15(28)23-13-7-4-3-6-12(13)19(20,21)22)16(29)11-31-18-25-24-17(27(18)2)14-8-5-9-30-14/h3-9H,10-11H2,1-2H3,(H,23,28). The second-order valence-corrected chi connectivity index (χ2v) is 7.41. The van der Waals surface area contributed by atoms with Crippen LogP contribution < -0.4 is 5.32 Å². The SMILES string of the molecule is CN(CC(=O)Nc1ccccc1C(F)(F)F)C(=O)CSc1nnc(-c2ccco2)n1C. The van der Waals surface area contributed by atoms with Crippen LogP contribution in [-0.4, -0.2) is 50.8 Å². The number of rotatable bonds is 7. The van der Waals surface area contributed by atoms with Crippen LogP contribution in [0.25, 0.3) is 11.6 Å². The molecule has 0 fully saturated rings. The number of benzene rings is 1. The largest absolute Gasteiger partial charge is 0.461 e. The summed E-state index contributed by atoms with van der Waals surface area (Å²) in [6, 6.07) is 8.09. The third kappa shape index (κ3) is 5.45. The highest BCUT2D eigenvalue weighted by atomic mass is 32.2. The van der Waals surface area contributed by atoms with Crippen molar-refractivity contribution in [3.05, 3.63) is 48.2 Å². The summed E-state index contributed by atoms with van der Waals surface area (Å²) in [5, 5.41) is 10.7. The second kappa shape index (κ2) is 9.25. The summed E-state index contributed by atoms with van der Waals surface area (Å²) in [7, 11) is 3.11. The van der Waals surface area contributed by atoms with Gasteiger partial charge in [-0.1, -0.05) is 23.9 Å². The summed E-state index contributed by atoms with van der Waals surface area (Å²) >= 11 is 1.11. The molecule has 2 amide bonds. The second-order valence-electron chi connectivity index (χ2n) is 6.47. The molecule has 3 rings (SSSR count). The number of para-hydroxylation sites is 1. The number of halogens is 3. The average Bonchev–Trinajstić information content (AvgIpc) is 3.35. The maximum Gasteiger partial charge on any atom is 0.418 e. The molecule has 2 aromatic heterocycles. The van der Waals surface area contributed by atoms with Gasteiger partial charge in [0.25, 0.3) is 0 Å². The van der Waals surface area contributed by atoms with E-state index in [1.54, 1.807) is 23.7 Å². The van der Waals surface area contributed by atoms with Crippen molar-refractivity contribution in [1.29, 1.82) is 0 Å². The van der Waals surface area contributed by atoms with Crippen LogP contribution in [0.3, 0.4) is 0 Å². The molecule has 0 radical (unpaired) electrons. The number of amides is 2. The van der Waals surface area contributed by atoms with Gasteiger partial charge in [-0.15, -0.1) is 10.2 Å². The number of likely N-dealkylation sites (N-methyl/N-ethyl adjacent to an activating group) is 1. The topological polar surface area (TPSA) is 93.3 Å². The minimum atomic E-state index is -4.60. The lowest BCUT2D eigenvalue weighted by Gasteiger charge is -2.18. The highest BCUT2D eigenvalue weighted by molar-refractivity contribution is 7.99. The van der Waals surface area contributed by atoms with Crippen LogP contribution in [0, 0.1) is 0 Å². The molecule has 0 aliphatic rings. The Kier molecular flexibility index (Phi) is 6.68. The summed E-state index contributed by atoms with van der Waals surface area (Å²) < 4.78 is 46.1. The number of furan rings is 1. The quantitative estimate of drug-likeness (QED) is 0.552. The number of aromatic nitrogens is 3. The third-order valence-corrected chi connectivity index (χ3v) is 5.22. The lowest BCUT2D eigenvalue weighted by molar-refractivity contribution is -0.137. The lowest BCUT2D eigenvalue weighted by atomic mass is 10.1. The molecule has 2 heterocycles. The monoisotopic (exact) mass is 453 g/mol. The van der Waals surface area contributed by atoms with Crippen LogP contribution in [0.2, 0.25) is 0 Å². The average molecular weight is 453 g/mol. The molecule has 0 aliphatic heterocycles. The summed E-state index contributed by atoms with van der Waals surface area (Å²) in [6.07, 6.45) is -3.10. The molecule has 0 unspecified atom stereocenters. The van der Waals surface area contributed by atoms with Crippen molar-refractivity contribution in [3.8, 4) is 11.6 Å². The van der Waals surface area contributed by atoms with Gasteiger partial charge in [0.05, 0.1) is 29.8 Å². The summed E-state index contributed by atoms with van der Waals surface area (Å²) in [4.78, 5) is 25.6. The van der Waals surface area contributed by atoms with Crippen LogP contribution in [-0.2, 0) is 22.8 Å². The summed E-state index contributed by atoms with van der Waals surface area (Å²) in [6.45, 7) is -0.401. The van der Waals surface area contributed by atoms with E-state index in [0.29, 0.717) is 16.7 Å². The number of carbonyl (C=O) groups is 2. The Morgan fingerprint density at radius 1 is 1.19 bits per heavy atom. The molecule has 0 saturated carbocycles. The van der Waals surface area contributed by atoms with E-state index in [1.807, 2.05) is 0 Å². The minimum Gasteiger partial charge on any atom is -0.461 e. The molecule has 0 bridgehead atoms. The predicted molar refractivity (Wildman–Crippen MR) is 107 cm³/mol. The van der Waals surface area contributed by atoms with E-state index in [-0.39, 0.29) is 11.4 Å². The van der Waals surface area contributed by atoms with Gasteiger partial charge >= 0.3 is 6.18 Å². The van der Waals surface area contributed by atoms with Crippen molar-refractivity contribution in [3.63, 3.8) is 0 Å². The highest BCUT2D eigenvalue weighted by Gasteiger charge is 2.33. The van der Waals surface area contributed by atoms with E-state index >= 15 is 0 Å². The zero-order chi connectivity index (χ0) is 22.6. The van der Waals surface area contributed by atoms with Gasteiger partial charge < -0.3 is 19.2 Å². The molecular formula is C19H18F3N5O3S. The van der Waals surface area contributed by atoms with Crippen molar-refractivity contribution >= 4 is 29.3 Å². The number of nitrogens with one attached hydrogen (secondary N) is 1. The van der Waals surface area contributed by atoms with Crippen molar-refractivity contribution in [2.24, 2.45) is 7.05 Å².